The quantitative estimate of drug-likeness (QED) is 0.758. The summed E-state index contributed by atoms with van der Waals surface area (Å²) in [5.74, 6) is -0.263. The van der Waals surface area contributed by atoms with Crippen LogP contribution >= 0.6 is 15.9 Å². The number of hydrogen-bond donors (Lipinski definition) is 0. The molecule has 0 aliphatic heterocycles. The van der Waals surface area contributed by atoms with Crippen LogP contribution in [0.2, 0.25) is 0 Å². The number of aryl methyl sites for hydroxylation is 1. The minimum absolute atomic E-state index is 0.263. The average molecular weight is 344 g/mol. The fourth-order valence-corrected chi connectivity index (χ4v) is 3.74. The monoisotopic (exact) mass is 343 g/mol. The fraction of sp³-hybridized carbons (Fsp3) is 0.278. The minimum atomic E-state index is -0.505. The number of benzene rings is 2. The lowest BCUT2D eigenvalue weighted by atomic mass is 9.68. The van der Waals surface area contributed by atoms with Crippen LogP contribution in [-0.4, -0.2) is 0 Å². The van der Waals surface area contributed by atoms with Crippen molar-refractivity contribution in [3.05, 3.63) is 69.4 Å². The highest BCUT2D eigenvalue weighted by atomic mass is 79.9. The van der Waals surface area contributed by atoms with Crippen molar-refractivity contribution < 1.29 is 4.39 Å². The first-order valence-electron chi connectivity index (χ1n) is 7.08. The number of hydrogen-bond acceptors (Lipinski definition) is 1. The number of nitriles is 1. The van der Waals surface area contributed by atoms with Crippen LogP contribution in [0.3, 0.4) is 0 Å². The summed E-state index contributed by atoms with van der Waals surface area (Å²) in [7, 11) is 0. The summed E-state index contributed by atoms with van der Waals surface area (Å²) in [5, 5.41) is 9.86. The van der Waals surface area contributed by atoms with Crippen molar-refractivity contribution in [2.45, 2.75) is 31.1 Å². The molecule has 0 N–H and O–H groups in total. The van der Waals surface area contributed by atoms with Crippen LogP contribution in [0.25, 0.3) is 0 Å². The lowest BCUT2D eigenvalue weighted by molar-refractivity contribution is 0.449. The molecular formula is C18H15BrFN. The Balaban J connectivity index is 2.05. The standard InChI is InChI=1S/C18H15BrFN/c19-17-10-15(20)8-7-14(17)11-18(12-21)9-3-5-13-4-1-2-6-16(13)18/h1-2,4,6-8,10H,3,5,9,11H2. The Morgan fingerprint density at radius 3 is 2.81 bits per heavy atom. The SMILES string of the molecule is N#CC1(Cc2ccc(F)cc2Br)CCCc2ccccc21. The van der Waals surface area contributed by atoms with E-state index in [0.29, 0.717) is 6.42 Å². The van der Waals surface area contributed by atoms with Crippen molar-refractivity contribution >= 4 is 15.9 Å². The third kappa shape index (κ3) is 2.61. The molecule has 0 radical (unpaired) electrons. The summed E-state index contributed by atoms with van der Waals surface area (Å²) in [4.78, 5) is 0. The Labute approximate surface area is 132 Å². The highest BCUT2D eigenvalue weighted by molar-refractivity contribution is 9.10. The van der Waals surface area contributed by atoms with Crippen molar-refractivity contribution in [1.29, 1.82) is 5.26 Å². The predicted molar refractivity (Wildman–Crippen MR) is 84.5 cm³/mol. The van der Waals surface area contributed by atoms with Crippen molar-refractivity contribution in [1.82, 2.24) is 0 Å². The Morgan fingerprint density at radius 2 is 2.05 bits per heavy atom. The molecule has 0 amide bonds. The molecule has 0 saturated heterocycles. The van der Waals surface area contributed by atoms with E-state index in [1.54, 1.807) is 6.07 Å². The zero-order valence-electron chi connectivity index (χ0n) is 11.6. The van der Waals surface area contributed by atoms with Gasteiger partial charge in [-0.1, -0.05) is 46.3 Å². The molecule has 0 spiro atoms. The van der Waals surface area contributed by atoms with Crippen molar-refractivity contribution in [3.8, 4) is 6.07 Å². The second kappa shape index (κ2) is 5.61. The van der Waals surface area contributed by atoms with E-state index in [2.05, 4.69) is 34.1 Å². The third-order valence-corrected chi connectivity index (χ3v) is 5.04. The normalized spacial score (nSPS) is 20.6. The van der Waals surface area contributed by atoms with Crippen LogP contribution in [0.15, 0.2) is 46.9 Å². The largest absolute Gasteiger partial charge is 0.207 e. The van der Waals surface area contributed by atoms with Gasteiger partial charge in [-0.05, 0) is 54.5 Å². The molecule has 0 heterocycles. The molecule has 1 nitrogen and oxygen atoms in total. The molecule has 0 saturated carbocycles. The summed E-state index contributed by atoms with van der Waals surface area (Å²) < 4.78 is 14.0. The number of nitrogens with zero attached hydrogens (tertiary/aromatic N) is 1. The fourth-order valence-electron chi connectivity index (χ4n) is 3.25. The van der Waals surface area contributed by atoms with Crippen LogP contribution in [0.4, 0.5) is 4.39 Å². The lowest BCUT2D eigenvalue weighted by Crippen LogP contribution is -2.32. The molecule has 1 unspecified atom stereocenters. The van der Waals surface area contributed by atoms with Crippen LogP contribution in [-0.2, 0) is 18.3 Å². The van der Waals surface area contributed by atoms with Gasteiger partial charge in [0.2, 0.25) is 0 Å². The van der Waals surface area contributed by atoms with Gasteiger partial charge < -0.3 is 0 Å². The molecule has 3 rings (SSSR count). The van der Waals surface area contributed by atoms with Gasteiger partial charge >= 0.3 is 0 Å². The highest BCUT2D eigenvalue weighted by Gasteiger charge is 2.37. The highest BCUT2D eigenvalue weighted by Crippen LogP contribution is 2.40. The van der Waals surface area contributed by atoms with Gasteiger partial charge in [0.1, 0.15) is 5.82 Å². The number of halogens is 2. The summed E-state index contributed by atoms with van der Waals surface area (Å²) in [5.41, 5.74) is 2.88. The summed E-state index contributed by atoms with van der Waals surface area (Å²) in [6.45, 7) is 0. The van der Waals surface area contributed by atoms with E-state index >= 15 is 0 Å². The van der Waals surface area contributed by atoms with Gasteiger partial charge in [-0.2, -0.15) is 5.26 Å². The molecule has 0 aromatic heterocycles. The average Bonchev–Trinajstić information content (AvgIpc) is 2.50. The Kier molecular flexibility index (Phi) is 3.82. The molecule has 1 atom stereocenters. The lowest BCUT2D eigenvalue weighted by Gasteiger charge is -2.33. The maximum Gasteiger partial charge on any atom is 0.124 e. The van der Waals surface area contributed by atoms with Gasteiger partial charge in [-0.25, -0.2) is 4.39 Å². The van der Waals surface area contributed by atoms with Gasteiger partial charge in [-0.15, -0.1) is 0 Å². The van der Waals surface area contributed by atoms with Crippen molar-refractivity contribution in [2.75, 3.05) is 0 Å². The minimum Gasteiger partial charge on any atom is -0.207 e. The first kappa shape index (κ1) is 14.3. The molecule has 2 aromatic rings. The van der Waals surface area contributed by atoms with Crippen molar-refractivity contribution in [2.24, 2.45) is 0 Å². The molecule has 2 aromatic carbocycles. The summed E-state index contributed by atoms with van der Waals surface area (Å²) in [6.07, 6.45) is 3.51. The molecule has 0 fully saturated rings. The first-order valence-corrected chi connectivity index (χ1v) is 7.87. The van der Waals surface area contributed by atoms with Crippen LogP contribution in [0, 0.1) is 17.1 Å². The Morgan fingerprint density at radius 1 is 1.24 bits per heavy atom. The van der Waals surface area contributed by atoms with E-state index < -0.39 is 5.41 Å². The van der Waals surface area contributed by atoms with Crippen molar-refractivity contribution in [3.63, 3.8) is 0 Å². The zero-order chi connectivity index (χ0) is 14.9. The maximum absolute atomic E-state index is 13.2. The van der Waals surface area contributed by atoms with E-state index in [4.69, 9.17) is 0 Å². The van der Waals surface area contributed by atoms with Gasteiger partial charge in [0.25, 0.3) is 0 Å². The topological polar surface area (TPSA) is 23.8 Å². The van der Waals surface area contributed by atoms with E-state index in [-0.39, 0.29) is 5.82 Å². The molecule has 1 aliphatic carbocycles. The second-order valence-corrected chi connectivity index (χ2v) is 6.47. The zero-order valence-corrected chi connectivity index (χ0v) is 13.2. The molecule has 106 valence electrons. The van der Waals surface area contributed by atoms with Gasteiger partial charge in [0.15, 0.2) is 0 Å². The predicted octanol–water partition coefficient (Wildman–Crippen LogP) is 4.93. The van der Waals surface area contributed by atoms with Gasteiger partial charge in [0, 0.05) is 4.47 Å². The van der Waals surface area contributed by atoms with E-state index in [1.807, 2.05) is 12.1 Å². The first-order chi connectivity index (χ1) is 10.1. The maximum atomic E-state index is 13.2. The molecule has 1 aliphatic rings. The molecule has 3 heteroatoms. The summed E-state index contributed by atoms with van der Waals surface area (Å²) in [6, 6.07) is 15.4. The second-order valence-electron chi connectivity index (χ2n) is 5.62. The van der Waals surface area contributed by atoms with Gasteiger partial charge in [-0.3, -0.25) is 0 Å². The molecular weight excluding hydrogens is 329 g/mol. The van der Waals surface area contributed by atoms with E-state index in [9.17, 15) is 9.65 Å². The third-order valence-electron chi connectivity index (χ3n) is 4.30. The van der Waals surface area contributed by atoms with Crippen LogP contribution in [0.5, 0.6) is 0 Å². The van der Waals surface area contributed by atoms with E-state index in [0.717, 1.165) is 34.9 Å². The number of fused-ring (bicyclic) bond motifs is 1. The van der Waals surface area contributed by atoms with Crippen LogP contribution in [0.1, 0.15) is 29.5 Å². The number of rotatable bonds is 2. The molecule has 0 bridgehead atoms. The molecule has 21 heavy (non-hydrogen) atoms. The van der Waals surface area contributed by atoms with Gasteiger partial charge in [0.05, 0.1) is 11.5 Å². The van der Waals surface area contributed by atoms with Crippen LogP contribution < -0.4 is 0 Å². The Bertz CT molecular complexity index is 719. The van der Waals surface area contributed by atoms with E-state index in [1.165, 1.54) is 17.7 Å². The Hall–Kier alpha value is -1.66. The smallest absolute Gasteiger partial charge is 0.124 e. The summed E-state index contributed by atoms with van der Waals surface area (Å²) >= 11 is 3.42.